The van der Waals surface area contributed by atoms with Gasteiger partial charge in [0.2, 0.25) is 5.91 Å². The van der Waals surface area contributed by atoms with Crippen molar-refractivity contribution in [2.75, 3.05) is 6.54 Å². The number of rotatable bonds is 5. The summed E-state index contributed by atoms with van der Waals surface area (Å²) in [6, 6.07) is 0.0811. The molecule has 110 valence electrons. The Morgan fingerprint density at radius 2 is 2.29 bits per heavy atom. The fourth-order valence-electron chi connectivity index (χ4n) is 2.74. The maximum absolute atomic E-state index is 12.4. The second-order valence-electron chi connectivity index (χ2n) is 5.14. The van der Waals surface area contributed by atoms with Crippen LogP contribution in [-0.4, -0.2) is 42.1 Å². The molecule has 0 radical (unpaired) electrons. The molecule has 1 aliphatic rings. The molecule has 7 heteroatoms. The molecule has 1 saturated heterocycles. The lowest BCUT2D eigenvalue weighted by Gasteiger charge is -2.24. The van der Waals surface area contributed by atoms with Crippen LogP contribution >= 0.6 is 0 Å². The summed E-state index contributed by atoms with van der Waals surface area (Å²) < 4.78 is 1.75. The van der Waals surface area contributed by atoms with Crippen molar-refractivity contribution in [3.63, 3.8) is 0 Å². The van der Waals surface area contributed by atoms with E-state index in [1.165, 1.54) is 6.33 Å². The number of hydrogen-bond acceptors (Lipinski definition) is 5. The Hall–Kier alpha value is -2.31. The van der Waals surface area contributed by atoms with Gasteiger partial charge in [-0.15, -0.1) is 0 Å². The van der Waals surface area contributed by atoms with E-state index < -0.39 is 0 Å². The molecule has 0 bridgehead atoms. The summed E-state index contributed by atoms with van der Waals surface area (Å²) in [6.07, 6.45) is 11.6. The first-order valence-corrected chi connectivity index (χ1v) is 7.22. The highest BCUT2D eigenvalue weighted by Crippen LogP contribution is 2.30. The van der Waals surface area contributed by atoms with E-state index >= 15 is 0 Å². The summed E-state index contributed by atoms with van der Waals surface area (Å²) in [6.45, 7) is 1.53. The third-order valence-corrected chi connectivity index (χ3v) is 3.74. The Labute approximate surface area is 123 Å². The van der Waals surface area contributed by atoms with E-state index in [0.29, 0.717) is 6.42 Å². The Morgan fingerprint density at radius 3 is 3.05 bits per heavy atom. The van der Waals surface area contributed by atoms with Crippen LogP contribution in [-0.2, 0) is 11.3 Å². The standard InChI is InChI=1S/C14H18N6O/c21-14(4-2-7-19-11-16-10-18-19)20-8-1-3-13(20)12-9-15-5-6-17-12/h5-6,9-11,13H,1-4,7-8H2/t13-/m0/s1. The summed E-state index contributed by atoms with van der Waals surface area (Å²) >= 11 is 0. The van der Waals surface area contributed by atoms with Crippen LogP contribution in [0.3, 0.4) is 0 Å². The van der Waals surface area contributed by atoms with Gasteiger partial charge in [-0.1, -0.05) is 0 Å². The highest BCUT2D eigenvalue weighted by Gasteiger charge is 2.30. The highest BCUT2D eigenvalue weighted by atomic mass is 16.2. The normalized spacial score (nSPS) is 18.1. The van der Waals surface area contributed by atoms with Crippen LogP contribution in [0.4, 0.5) is 0 Å². The van der Waals surface area contributed by atoms with Crippen LogP contribution in [0.1, 0.15) is 37.4 Å². The van der Waals surface area contributed by atoms with Gasteiger partial charge in [0.25, 0.3) is 0 Å². The van der Waals surface area contributed by atoms with Crippen LogP contribution in [0.5, 0.6) is 0 Å². The second kappa shape index (κ2) is 6.43. The third-order valence-electron chi connectivity index (χ3n) is 3.74. The average Bonchev–Trinajstić information content (AvgIpc) is 3.19. The predicted octanol–water partition coefficient (Wildman–Crippen LogP) is 1.21. The molecular formula is C14H18N6O. The molecule has 0 unspecified atom stereocenters. The van der Waals surface area contributed by atoms with E-state index in [2.05, 4.69) is 20.1 Å². The van der Waals surface area contributed by atoms with Crippen LogP contribution in [0.15, 0.2) is 31.2 Å². The zero-order valence-electron chi connectivity index (χ0n) is 11.8. The van der Waals surface area contributed by atoms with Crippen molar-refractivity contribution >= 4 is 5.91 Å². The fourth-order valence-corrected chi connectivity index (χ4v) is 2.74. The molecule has 0 saturated carbocycles. The first-order valence-electron chi connectivity index (χ1n) is 7.22. The van der Waals surface area contributed by atoms with Crippen LogP contribution in [0.25, 0.3) is 0 Å². The van der Waals surface area contributed by atoms with E-state index in [1.807, 2.05) is 4.90 Å². The molecule has 21 heavy (non-hydrogen) atoms. The fraction of sp³-hybridized carbons (Fsp3) is 0.500. The van der Waals surface area contributed by atoms with Crippen LogP contribution < -0.4 is 0 Å². The Kier molecular flexibility index (Phi) is 4.18. The molecule has 2 aromatic heterocycles. The zero-order chi connectivity index (χ0) is 14.5. The van der Waals surface area contributed by atoms with Gasteiger partial charge in [-0.25, -0.2) is 4.98 Å². The molecular weight excluding hydrogens is 268 g/mol. The summed E-state index contributed by atoms with van der Waals surface area (Å²) in [5.74, 6) is 0.184. The van der Waals surface area contributed by atoms with Gasteiger partial charge in [0.05, 0.1) is 17.9 Å². The minimum Gasteiger partial charge on any atom is -0.334 e. The van der Waals surface area contributed by atoms with E-state index in [9.17, 15) is 4.79 Å². The van der Waals surface area contributed by atoms with E-state index in [0.717, 1.165) is 38.0 Å². The molecule has 1 aliphatic heterocycles. The van der Waals surface area contributed by atoms with Crippen molar-refractivity contribution in [2.24, 2.45) is 0 Å². The molecule has 7 nitrogen and oxygen atoms in total. The Balaban J connectivity index is 1.56. The lowest BCUT2D eigenvalue weighted by molar-refractivity contribution is -0.132. The minimum absolute atomic E-state index is 0.0811. The van der Waals surface area contributed by atoms with Gasteiger partial charge in [-0.3, -0.25) is 19.4 Å². The number of aromatic nitrogens is 5. The number of likely N-dealkylation sites (tertiary alicyclic amines) is 1. The topological polar surface area (TPSA) is 76.8 Å². The number of amides is 1. The molecule has 1 amide bonds. The molecule has 2 aromatic rings. The first-order chi connectivity index (χ1) is 10.3. The van der Waals surface area contributed by atoms with Gasteiger partial charge >= 0.3 is 0 Å². The van der Waals surface area contributed by atoms with Gasteiger partial charge in [0, 0.05) is 31.9 Å². The number of carbonyl (C=O) groups is 1. The van der Waals surface area contributed by atoms with E-state index in [-0.39, 0.29) is 11.9 Å². The monoisotopic (exact) mass is 286 g/mol. The average molecular weight is 286 g/mol. The van der Waals surface area contributed by atoms with Gasteiger partial charge in [0.1, 0.15) is 12.7 Å². The summed E-state index contributed by atoms with van der Waals surface area (Å²) in [5.41, 5.74) is 0.889. The SMILES string of the molecule is O=C(CCCn1cncn1)N1CCC[C@H]1c1cnccn1. The minimum atomic E-state index is 0.0811. The number of carbonyl (C=O) groups excluding carboxylic acids is 1. The first kappa shape index (κ1) is 13.7. The quantitative estimate of drug-likeness (QED) is 0.825. The van der Waals surface area contributed by atoms with Gasteiger partial charge < -0.3 is 4.90 Å². The summed E-state index contributed by atoms with van der Waals surface area (Å²) in [4.78, 5) is 26.7. The molecule has 3 rings (SSSR count). The number of hydrogen-bond donors (Lipinski definition) is 0. The van der Waals surface area contributed by atoms with Crippen LogP contribution in [0, 0.1) is 0 Å². The van der Waals surface area contributed by atoms with Gasteiger partial charge in [0.15, 0.2) is 0 Å². The van der Waals surface area contributed by atoms with E-state index in [1.54, 1.807) is 29.6 Å². The van der Waals surface area contributed by atoms with Crippen molar-refractivity contribution in [3.8, 4) is 0 Å². The number of aryl methyl sites for hydroxylation is 1. The maximum atomic E-state index is 12.4. The van der Waals surface area contributed by atoms with Crippen molar-refractivity contribution in [2.45, 2.75) is 38.3 Å². The molecule has 1 atom stereocenters. The molecule has 0 aromatic carbocycles. The van der Waals surface area contributed by atoms with E-state index in [4.69, 9.17) is 0 Å². The Morgan fingerprint density at radius 1 is 1.33 bits per heavy atom. The summed E-state index contributed by atoms with van der Waals surface area (Å²) in [5, 5.41) is 4.04. The van der Waals surface area contributed by atoms with Gasteiger partial charge in [-0.05, 0) is 19.3 Å². The molecule has 0 spiro atoms. The molecule has 3 heterocycles. The predicted molar refractivity (Wildman–Crippen MR) is 75.0 cm³/mol. The van der Waals surface area contributed by atoms with Crippen molar-refractivity contribution in [1.29, 1.82) is 0 Å². The summed E-state index contributed by atoms with van der Waals surface area (Å²) in [7, 11) is 0. The maximum Gasteiger partial charge on any atom is 0.223 e. The van der Waals surface area contributed by atoms with Crippen molar-refractivity contribution < 1.29 is 4.79 Å². The lowest BCUT2D eigenvalue weighted by atomic mass is 10.1. The molecule has 0 N–H and O–H groups in total. The zero-order valence-corrected chi connectivity index (χ0v) is 11.8. The Bertz CT molecular complexity index is 570. The molecule has 0 aliphatic carbocycles. The highest BCUT2D eigenvalue weighted by molar-refractivity contribution is 5.76. The van der Waals surface area contributed by atoms with Crippen LogP contribution in [0.2, 0.25) is 0 Å². The van der Waals surface area contributed by atoms with Crippen molar-refractivity contribution in [3.05, 3.63) is 36.9 Å². The number of nitrogens with zero attached hydrogens (tertiary/aromatic N) is 6. The smallest absolute Gasteiger partial charge is 0.223 e. The largest absolute Gasteiger partial charge is 0.334 e. The second-order valence-corrected chi connectivity index (χ2v) is 5.14. The van der Waals surface area contributed by atoms with Gasteiger partial charge in [-0.2, -0.15) is 5.10 Å². The van der Waals surface area contributed by atoms with Crippen molar-refractivity contribution in [1.82, 2.24) is 29.6 Å². The molecule has 1 fully saturated rings. The lowest BCUT2D eigenvalue weighted by Crippen LogP contribution is -2.31. The third kappa shape index (κ3) is 3.24.